The molecule has 12 heteroatoms. The largest absolute Gasteiger partial charge is 0.573 e. The van der Waals surface area contributed by atoms with Crippen molar-refractivity contribution in [3.63, 3.8) is 0 Å². The van der Waals surface area contributed by atoms with Crippen molar-refractivity contribution >= 4 is 39.7 Å². The average molecular weight is 639 g/mol. The predicted molar refractivity (Wildman–Crippen MR) is 173 cm³/mol. The minimum atomic E-state index is -4.73. The summed E-state index contributed by atoms with van der Waals surface area (Å²) < 4.78 is 47.5. The Hall–Kier alpha value is -4.03. The van der Waals surface area contributed by atoms with E-state index in [1.165, 1.54) is 12.1 Å². The summed E-state index contributed by atoms with van der Waals surface area (Å²) in [6.07, 6.45) is -1.30. The van der Waals surface area contributed by atoms with Crippen LogP contribution in [0.2, 0.25) is 0 Å². The van der Waals surface area contributed by atoms with Crippen molar-refractivity contribution in [2.24, 2.45) is 11.7 Å². The van der Waals surface area contributed by atoms with Gasteiger partial charge in [-0.25, -0.2) is 9.97 Å². The number of ether oxygens (including phenoxy) is 1. The number of aromatic nitrogens is 2. The highest BCUT2D eigenvalue weighted by atomic mass is 32.1. The van der Waals surface area contributed by atoms with Gasteiger partial charge < -0.3 is 25.1 Å². The summed E-state index contributed by atoms with van der Waals surface area (Å²) >= 11 is 5.63. The molecule has 2 atom stereocenters. The number of alkyl halides is 3. The van der Waals surface area contributed by atoms with E-state index in [2.05, 4.69) is 26.9 Å². The quantitative estimate of drug-likeness (QED) is 0.0851. The Bertz CT molecular complexity index is 1660. The number of aryl methyl sites for hydroxylation is 2. The molecule has 2 aromatic carbocycles. The van der Waals surface area contributed by atoms with Gasteiger partial charge in [0.15, 0.2) is 0 Å². The average Bonchev–Trinajstić information content (AvgIpc) is 3.62. The molecule has 0 radical (unpaired) electrons. The van der Waals surface area contributed by atoms with Gasteiger partial charge in [0.05, 0.1) is 0 Å². The molecule has 0 saturated carbocycles. The van der Waals surface area contributed by atoms with Gasteiger partial charge in [0, 0.05) is 59.4 Å². The van der Waals surface area contributed by atoms with E-state index >= 15 is 0 Å². The molecule has 1 aliphatic rings. The fourth-order valence-electron chi connectivity index (χ4n) is 5.84. The number of halogens is 3. The van der Waals surface area contributed by atoms with E-state index < -0.39 is 6.36 Å². The summed E-state index contributed by atoms with van der Waals surface area (Å²) in [4.78, 5) is 12.6. The molecule has 8 nitrogen and oxygen atoms in total. The normalized spacial score (nSPS) is 16.2. The van der Waals surface area contributed by atoms with E-state index in [0.717, 1.165) is 72.7 Å². The Kier molecular flexibility index (Phi) is 10.0. The lowest BCUT2D eigenvalue weighted by molar-refractivity contribution is -0.274. The fraction of sp³-hybridized carbons (Fsp3) is 0.394. The number of amidine groups is 1. The van der Waals surface area contributed by atoms with Crippen LogP contribution in [0.15, 0.2) is 59.0 Å². The summed E-state index contributed by atoms with van der Waals surface area (Å²) in [7, 11) is 0. The van der Waals surface area contributed by atoms with Crippen LogP contribution in [0, 0.1) is 18.3 Å². The SMILES string of the molecule is CCN1CCC(C(CCc2cc3cc(C(=N)N)ccc3o2)Nc2cc(C)nc(CC(=S)Cc3ccc(OC(F)(F)F)cc3)n2)C1. The molecule has 0 amide bonds. The minimum absolute atomic E-state index is 0.0273. The highest BCUT2D eigenvalue weighted by Gasteiger charge is 2.31. The van der Waals surface area contributed by atoms with Crippen LogP contribution in [0.4, 0.5) is 19.0 Å². The second kappa shape index (κ2) is 13.9. The Morgan fingerprint density at radius 2 is 1.93 bits per heavy atom. The molecule has 1 aliphatic heterocycles. The molecule has 4 N–H and O–H groups in total. The summed E-state index contributed by atoms with van der Waals surface area (Å²) in [5.41, 5.74) is 8.71. The first-order valence-electron chi connectivity index (χ1n) is 15.0. The Morgan fingerprint density at radius 1 is 1.16 bits per heavy atom. The van der Waals surface area contributed by atoms with Gasteiger partial charge in [0.2, 0.25) is 0 Å². The molecule has 0 spiro atoms. The molecule has 45 heavy (non-hydrogen) atoms. The number of nitrogens with zero attached hydrogens (tertiary/aromatic N) is 3. The summed E-state index contributed by atoms with van der Waals surface area (Å²) in [6, 6.07) is 15.4. The minimum Gasteiger partial charge on any atom is -0.461 e. The van der Waals surface area contributed by atoms with E-state index in [1.807, 2.05) is 31.2 Å². The van der Waals surface area contributed by atoms with Gasteiger partial charge in [-0.15, -0.1) is 13.2 Å². The lowest BCUT2D eigenvalue weighted by Crippen LogP contribution is -2.33. The molecule has 3 heterocycles. The van der Waals surface area contributed by atoms with Crippen LogP contribution in [-0.2, 0) is 19.3 Å². The maximum absolute atomic E-state index is 12.5. The van der Waals surface area contributed by atoms with E-state index in [0.29, 0.717) is 35.0 Å². The van der Waals surface area contributed by atoms with Crippen molar-refractivity contribution < 1.29 is 22.3 Å². The monoisotopic (exact) mass is 638 g/mol. The number of nitrogens with one attached hydrogen (secondary N) is 2. The van der Waals surface area contributed by atoms with Gasteiger partial charge in [-0.1, -0.05) is 31.3 Å². The van der Waals surface area contributed by atoms with Gasteiger partial charge in [0.1, 0.15) is 34.6 Å². The van der Waals surface area contributed by atoms with Gasteiger partial charge in [-0.05, 0) is 80.7 Å². The van der Waals surface area contributed by atoms with Gasteiger partial charge >= 0.3 is 6.36 Å². The van der Waals surface area contributed by atoms with E-state index in [9.17, 15) is 13.2 Å². The highest BCUT2D eigenvalue weighted by molar-refractivity contribution is 7.80. The highest BCUT2D eigenvalue weighted by Crippen LogP contribution is 2.28. The molecule has 1 fully saturated rings. The summed E-state index contributed by atoms with van der Waals surface area (Å²) in [5, 5.41) is 12.4. The molecular formula is C33H37F3N6O2S. The Balaban J connectivity index is 1.26. The van der Waals surface area contributed by atoms with Crippen LogP contribution in [0.1, 0.15) is 48.2 Å². The van der Waals surface area contributed by atoms with Gasteiger partial charge in [-0.2, -0.15) is 0 Å². The van der Waals surface area contributed by atoms with Crippen molar-refractivity contribution in [2.45, 2.75) is 58.4 Å². The number of likely N-dealkylation sites (tertiary alicyclic amines) is 1. The molecule has 0 aliphatic carbocycles. The molecule has 0 bridgehead atoms. The molecule has 1 saturated heterocycles. The zero-order valence-electron chi connectivity index (χ0n) is 25.3. The van der Waals surface area contributed by atoms with Crippen LogP contribution in [0.3, 0.4) is 0 Å². The van der Waals surface area contributed by atoms with Crippen LogP contribution >= 0.6 is 12.2 Å². The number of nitrogen functional groups attached to an aromatic ring is 1. The zero-order chi connectivity index (χ0) is 32.1. The van der Waals surface area contributed by atoms with Crippen molar-refractivity contribution in [1.29, 1.82) is 5.41 Å². The summed E-state index contributed by atoms with van der Waals surface area (Å²) in [5.74, 6) is 2.41. The van der Waals surface area contributed by atoms with E-state index in [1.54, 1.807) is 18.2 Å². The van der Waals surface area contributed by atoms with Crippen LogP contribution in [0.25, 0.3) is 11.0 Å². The van der Waals surface area contributed by atoms with Crippen molar-refractivity contribution in [2.75, 3.05) is 25.0 Å². The number of benzene rings is 2. The molecule has 5 rings (SSSR count). The van der Waals surface area contributed by atoms with Crippen LogP contribution in [0.5, 0.6) is 5.75 Å². The molecular weight excluding hydrogens is 601 g/mol. The van der Waals surface area contributed by atoms with Crippen LogP contribution in [-0.4, -0.2) is 57.6 Å². The van der Waals surface area contributed by atoms with E-state index in [4.69, 9.17) is 32.8 Å². The number of hydrogen-bond donors (Lipinski definition) is 3. The molecule has 2 unspecified atom stereocenters. The van der Waals surface area contributed by atoms with Crippen molar-refractivity contribution in [1.82, 2.24) is 14.9 Å². The van der Waals surface area contributed by atoms with Gasteiger partial charge in [0.25, 0.3) is 0 Å². The number of rotatable bonds is 13. The van der Waals surface area contributed by atoms with Gasteiger partial charge in [-0.3, -0.25) is 5.41 Å². The number of fused-ring (bicyclic) bond motifs is 1. The third kappa shape index (κ3) is 9.01. The van der Waals surface area contributed by atoms with Crippen molar-refractivity contribution in [3.05, 3.63) is 83.0 Å². The number of thiocarbonyl (C=S) groups is 1. The number of hydrogen-bond acceptors (Lipinski definition) is 8. The summed E-state index contributed by atoms with van der Waals surface area (Å²) in [6.45, 7) is 7.18. The Labute approximate surface area is 265 Å². The van der Waals surface area contributed by atoms with Crippen LogP contribution < -0.4 is 15.8 Å². The molecule has 238 valence electrons. The first kappa shape index (κ1) is 32.4. The third-order valence-corrected chi connectivity index (χ3v) is 8.34. The Morgan fingerprint density at radius 3 is 2.62 bits per heavy atom. The second-order valence-electron chi connectivity index (χ2n) is 11.5. The number of furan rings is 1. The molecule has 2 aromatic heterocycles. The first-order chi connectivity index (χ1) is 21.4. The lowest BCUT2D eigenvalue weighted by atomic mass is 9.94. The topological polar surface area (TPSA) is 113 Å². The maximum atomic E-state index is 12.5. The number of nitrogens with two attached hydrogens (primary N) is 1. The molecule has 4 aromatic rings. The zero-order valence-corrected chi connectivity index (χ0v) is 26.1. The second-order valence-corrected chi connectivity index (χ2v) is 12.1. The standard InChI is InChI=1S/C33H37F3N6O2S/c1-3-42-13-12-23(19-42)28(10-9-26-17-24-16-22(32(37)38)6-11-29(24)43-26)40-30-14-20(2)39-31(41-30)18-27(45)15-21-4-7-25(8-5-21)44-33(34,35)36/h4-8,11,14,16-17,23,28H,3,9-10,12-13,15,18-19H2,1-2H3,(H3,37,38)(H,39,40,41). The third-order valence-electron chi connectivity index (χ3n) is 8.05. The predicted octanol–water partition coefficient (Wildman–Crippen LogP) is 6.62. The first-order valence-corrected chi connectivity index (χ1v) is 15.4. The fourth-order valence-corrected chi connectivity index (χ4v) is 6.14. The smallest absolute Gasteiger partial charge is 0.461 e. The number of anilines is 1. The van der Waals surface area contributed by atoms with Crippen molar-refractivity contribution in [3.8, 4) is 5.75 Å². The maximum Gasteiger partial charge on any atom is 0.573 e. The lowest BCUT2D eigenvalue weighted by Gasteiger charge is -2.26. The van der Waals surface area contributed by atoms with E-state index in [-0.39, 0.29) is 17.6 Å².